The maximum atomic E-state index is 8.81. The van der Waals surface area contributed by atoms with Crippen molar-refractivity contribution in [2.75, 3.05) is 21.3 Å². The van der Waals surface area contributed by atoms with Crippen LogP contribution in [0.5, 0.6) is 23.0 Å². The zero-order valence-electron chi connectivity index (χ0n) is 14.9. The van der Waals surface area contributed by atoms with E-state index in [2.05, 4.69) is 10.1 Å². The van der Waals surface area contributed by atoms with Crippen LogP contribution in [0.2, 0.25) is 0 Å². The van der Waals surface area contributed by atoms with Crippen LogP contribution in [0.1, 0.15) is 0 Å². The van der Waals surface area contributed by atoms with Gasteiger partial charge in [-0.1, -0.05) is 5.16 Å². The maximum absolute atomic E-state index is 8.81. The molecule has 27 heavy (non-hydrogen) atoms. The molecule has 0 spiro atoms. The fourth-order valence-electron chi connectivity index (χ4n) is 2.47. The number of hydrogen-bond donors (Lipinski definition) is 2. The second-order valence-electron chi connectivity index (χ2n) is 5.31. The van der Waals surface area contributed by atoms with E-state index in [0.717, 1.165) is 0 Å². The van der Waals surface area contributed by atoms with Gasteiger partial charge in [-0.2, -0.15) is 4.98 Å². The Hall–Kier alpha value is -3.24. The summed E-state index contributed by atoms with van der Waals surface area (Å²) in [5.74, 6) is 2.32. The van der Waals surface area contributed by atoms with Crippen LogP contribution in [0.4, 0.5) is 0 Å². The van der Waals surface area contributed by atoms with E-state index >= 15 is 0 Å². The summed E-state index contributed by atoms with van der Waals surface area (Å²) in [5, 5.41) is 21.6. The summed E-state index contributed by atoms with van der Waals surface area (Å²) in [6.07, 6.45) is 0. The highest BCUT2D eigenvalue weighted by molar-refractivity contribution is 6.33. The molecule has 0 bridgehead atoms. The first-order valence-electron chi connectivity index (χ1n) is 7.83. The Morgan fingerprint density at radius 2 is 1.52 bits per heavy atom. The third-order valence-corrected chi connectivity index (χ3v) is 3.69. The van der Waals surface area contributed by atoms with Gasteiger partial charge in [-0.3, -0.25) is 0 Å². The molecular formula is C17H17BN2O7. The van der Waals surface area contributed by atoms with Crippen LogP contribution in [-0.2, 0) is 0 Å². The normalized spacial score (nSPS) is 10.4. The van der Waals surface area contributed by atoms with Crippen molar-refractivity contribution < 1.29 is 33.4 Å². The van der Waals surface area contributed by atoms with Crippen molar-refractivity contribution in [3.8, 4) is 45.8 Å². The van der Waals surface area contributed by atoms with Crippen LogP contribution < -0.4 is 18.9 Å². The van der Waals surface area contributed by atoms with Gasteiger partial charge in [0.1, 0.15) is 5.75 Å². The van der Waals surface area contributed by atoms with Gasteiger partial charge in [0.15, 0.2) is 11.5 Å². The van der Waals surface area contributed by atoms with Gasteiger partial charge in [0.2, 0.25) is 11.6 Å². The summed E-state index contributed by atoms with van der Waals surface area (Å²) in [7, 11) is 2.68. The Bertz CT molecular complexity index is 887. The Labute approximate surface area is 155 Å². The van der Waals surface area contributed by atoms with Crippen molar-refractivity contribution >= 4 is 7.32 Å². The highest BCUT2D eigenvalue weighted by Crippen LogP contribution is 2.41. The molecule has 2 N–H and O–H groups in total. The Morgan fingerprint density at radius 3 is 2.04 bits per heavy atom. The number of ether oxygens (including phenoxy) is 3. The lowest BCUT2D eigenvalue weighted by Crippen LogP contribution is -2.20. The molecule has 0 atom stereocenters. The van der Waals surface area contributed by atoms with E-state index in [1.54, 1.807) is 36.4 Å². The van der Waals surface area contributed by atoms with E-state index in [-0.39, 0.29) is 5.89 Å². The van der Waals surface area contributed by atoms with Crippen LogP contribution in [0, 0.1) is 0 Å². The minimum Gasteiger partial charge on any atom is -0.512 e. The van der Waals surface area contributed by atoms with Gasteiger partial charge in [0, 0.05) is 11.1 Å². The molecule has 0 radical (unpaired) electrons. The second kappa shape index (κ2) is 7.98. The summed E-state index contributed by atoms with van der Waals surface area (Å²) in [4.78, 5) is 4.38. The van der Waals surface area contributed by atoms with E-state index in [1.165, 1.54) is 21.3 Å². The van der Waals surface area contributed by atoms with Crippen molar-refractivity contribution in [3.05, 3.63) is 36.4 Å². The second-order valence-corrected chi connectivity index (χ2v) is 5.31. The molecule has 0 aliphatic rings. The van der Waals surface area contributed by atoms with Gasteiger partial charge in [-0.15, -0.1) is 0 Å². The highest BCUT2D eigenvalue weighted by Gasteiger charge is 2.18. The fraction of sp³-hybridized carbons (Fsp3) is 0.176. The lowest BCUT2D eigenvalue weighted by Gasteiger charge is -2.12. The average Bonchev–Trinajstić information content (AvgIpc) is 3.17. The molecule has 0 saturated heterocycles. The van der Waals surface area contributed by atoms with Crippen molar-refractivity contribution in [1.29, 1.82) is 0 Å². The van der Waals surface area contributed by atoms with Crippen molar-refractivity contribution in [1.82, 2.24) is 10.1 Å². The number of aromatic nitrogens is 2. The third-order valence-electron chi connectivity index (χ3n) is 3.69. The monoisotopic (exact) mass is 372 g/mol. The first kappa shape index (κ1) is 18.6. The molecule has 2 aromatic carbocycles. The predicted octanol–water partition coefficient (Wildman–Crippen LogP) is 1.78. The molecule has 0 fully saturated rings. The maximum Gasteiger partial charge on any atom is 0.707 e. The molecule has 0 aliphatic heterocycles. The summed E-state index contributed by atoms with van der Waals surface area (Å²) in [6, 6.07) is 9.87. The molecule has 0 saturated carbocycles. The van der Waals surface area contributed by atoms with Crippen molar-refractivity contribution in [2.24, 2.45) is 0 Å². The third kappa shape index (κ3) is 3.96. The van der Waals surface area contributed by atoms with Gasteiger partial charge in [0.05, 0.1) is 21.3 Å². The summed E-state index contributed by atoms with van der Waals surface area (Å²) in [5.41, 5.74) is 1.27. The van der Waals surface area contributed by atoms with E-state index in [9.17, 15) is 0 Å². The van der Waals surface area contributed by atoms with Crippen LogP contribution >= 0.6 is 0 Å². The number of nitrogens with zero attached hydrogens (tertiary/aromatic N) is 2. The van der Waals surface area contributed by atoms with Crippen LogP contribution in [0.25, 0.3) is 22.8 Å². The standard InChI is InChI=1S/C17H17BN2O7/c1-23-13-8-11(9-14(24-2)15(13)25-3)17-19-16(20-27-17)10-4-6-12(7-5-10)26-18(21)22/h4-9,21-22H,1-3H3. The van der Waals surface area contributed by atoms with Crippen molar-refractivity contribution in [3.63, 3.8) is 0 Å². The van der Waals surface area contributed by atoms with Gasteiger partial charge in [-0.25, -0.2) is 0 Å². The number of methoxy groups -OCH3 is 3. The largest absolute Gasteiger partial charge is 0.707 e. The zero-order valence-corrected chi connectivity index (χ0v) is 14.9. The molecular weight excluding hydrogens is 355 g/mol. The van der Waals surface area contributed by atoms with Crippen LogP contribution in [0.3, 0.4) is 0 Å². The Kier molecular flexibility index (Phi) is 5.48. The van der Waals surface area contributed by atoms with Crippen LogP contribution in [-0.4, -0.2) is 48.8 Å². The van der Waals surface area contributed by atoms with Gasteiger partial charge >= 0.3 is 7.32 Å². The first-order chi connectivity index (χ1) is 13.0. The minimum absolute atomic E-state index is 0.273. The smallest absolute Gasteiger partial charge is 0.512 e. The van der Waals surface area contributed by atoms with Crippen LogP contribution in [0.15, 0.2) is 40.9 Å². The fourth-order valence-corrected chi connectivity index (χ4v) is 2.47. The summed E-state index contributed by atoms with van der Waals surface area (Å²) in [6.45, 7) is 0. The molecule has 0 unspecified atom stereocenters. The minimum atomic E-state index is -1.88. The number of rotatable bonds is 7. The Balaban J connectivity index is 1.91. The van der Waals surface area contributed by atoms with E-state index in [4.69, 9.17) is 33.4 Å². The number of hydrogen-bond acceptors (Lipinski definition) is 9. The molecule has 140 valence electrons. The predicted molar refractivity (Wildman–Crippen MR) is 95.6 cm³/mol. The SMILES string of the molecule is COc1cc(-c2nc(-c3ccc(OB(O)O)cc3)no2)cc(OC)c1OC. The summed E-state index contributed by atoms with van der Waals surface area (Å²) >= 11 is 0. The van der Waals surface area contributed by atoms with Gasteiger partial charge in [-0.05, 0) is 36.4 Å². The lowest BCUT2D eigenvalue weighted by molar-refractivity contribution is 0.288. The van der Waals surface area contributed by atoms with Gasteiger partial charge < -0.3 is 33.4 Å². The zero-order chi connectivity index (χ0) is 19.4. The lowest BCUT2D eigenvalue weighted by atomic mass is 10.1. The highest BCUT2D eigenvalue weighted by atomic mass is 16.6. The first-order valence-corrected chi connectivity index (χ1v) is 7.83. The number of benzene rings is 2. The average molecular weight is 372 g/mol. The Morgan fingerprint density at radius 1 is 0.889 bits per heavy atom. The molecule has 1 heterocycles. The topological polar surface area (TPSA) is 116 Å². The molecule has 9 nitrogen and oxygen atoms in total. The molecule has 3 rings (SSSR count). The molecule has 0 amide bonds. The van der Waals surface area contributed by atoms with Crippen molar-refractivity contribution in [2.45, 2.75) is 0 Å². The molecule has 10 heteroatoms. The quantitative estimate of drug-likeness (QED) is 0.599. The molecule has 1 aromatic heterocycles. The van der Waals surface area contributed by atoms with E-state index in [1.807, 2.05) is 0 Å². The molecule has 3 aromatic rings. The summed E-state index contributed by atoms with van der Waals surface area (Å²) < 4.78 is 26.1. The van der Waals surface area contributed by atoms with Gasteiger partial charge in [0.25, 0.3) is 5.89 Å². The van der Waals surface area contributed by atoms with E-state index in [0.29, 0.717) is 39.9 Å². The van der Waals surface area contributed by atoms with E-state index < -0.39 is 7.32 Å². The molecule has 0 aliphatic carbocycles.